The molecular formula is C21H21F5N2O2. The molecule has 4 nitrogen and oxygen atoms in total. The van der Waals surface area contributed by atoms with Gasteiger partial charge in [-0.2, -0.15) is 17.6 Å². The first-order valence-corrected chi connectivity index (χ1v) is 9.22. The largest absolute Gasteiger partial charge is 0.496 e. The summed E-state index contributed by atoms with van der Waals surface area (Å²) in [4.78, 5) is 6.04. The predicted molar refractivity (Wildman–Crippen MR) is 101 cm³/mol. The first kappa shape index (κ1) is 22.0. The van der Waals surface area contributed by atoms with Gasteiger partial charge in [0.2, 0.25) is 5.95 Å². The molecule has 3 atom stereocenters. The average Bonchev–Trinajstić information content (AvgIpc) is 3.09. The van der Waals surface area contributed by atoms with Gasteiger partial charge in [-0.05, 0) is 36.2 Å². The second-order valence-corrected chi connectivity index (χ2v) is 7.42. The number of benzene rings is 1. The van der Waals surface area contributed by atoms with Crippen molar-refractivity contribution in [2.24, 2.45) is 5.92 Å². The zero-order valence-electron chi connectivity index (χ0n) is 16.5. The monoisotopic (exact) mass is 428 g/mol. The van der Waals surface area contributed by atoms with Crippen molar-refractivity contribution in [1.82, 2.24) is 9.97 Å². The number of hydrogen-bond donors (Lipinski definition) is 2. The smallest absolute Gasteiger partial charge is 0.417 e. The Bertz CT molecular complexity index is 1050. The number of aromatic nitrogens is 2. The molecular weight excluding hydrogens is 407 g/mol. The molecule has 3 unspecified atom stereocenters. The van der Waals surface area contributed by atoms with Crippen LogP contribution in [0.25, 0.3) is 10.9 Å². The van der Waals surface area contributed by atoms with Crippen molar-refractivity contribution in [3.05, 3.63) is 59.6 Å². The van der Waals surface area contributed by atoms with Crippen molar-refractivity contribution in [2.45, 2.75) is 38.0 Å². The zero-order chi connectivity index (χ0) is 22.3. The lowest BCUT2D eigenvalue weighted by molar-refractivity contribution is -0.279. The minimum Gasteiger partial charge on any atom is -0.496 e. The minimum atomic E-state index is -5.00. The van der Waals surface area contributed by atoms with Gasteiger partial charge >= 0.3 is 6.18 Å². The molecule has 3 rings (SSSR count). The number of aliphatic hydroxyl groups is 1. The van der Waals surface area contributed by atoms with E-state index in [4.69, 9.17) is 4.74 Å². The average molecular weight is 428 g/mol. The lowest BCUT2D eigenvalue weighted by atomic mass is 9.74. The number of fused-ring (bicyclic) bond motifs is 1. The molecule has 0 radical (unpaired) electrons. The summed E-state index contributed by atoms with van der Waals surface area (Å²) in [6.07, 6.45) is -4.64. The van der Waals surface area contributed by atoms with Gasteiger partial charge in [0.1, 0.15) is 17.1 Å². The molecule has 0 bridgehead atoms. The molecule has 162 valence electrons. The SMILES string of the molecule is COc1ccc(F)cc1C(C)C(C)C(O)(Cc1cc2ccnc(F)c2[nH]1)C(F)(F)F. The van der Waals surface area contributed by atoms with E-state index in [0.717, 1.165) is 12.1 Å². The highest BCUT2D eigenvalue weighted by atomic mass is 19.4. The van der Waals surface area contributed by atoms with Crippen LogP contribution in [-0.4, -0.2) is 34.0 Å². The van der Waals surface area contributed by atoms with E-state index in [-0.39, 0.29) is 22.5 Å². The number of aromatic amines is 1. The molecule has 0 amide bonds. The number of halogens is 5. The van der Waals surface area contributed by atoms with Crippen molar-refractivity contribution < 1.29 is 31.8 Å². The molecule has 0 spiro atoms. The van der Waals surface area contributed by atoms with E-state index < -0.39 is 41.8 Å². The van der Waals surface area contributed by atoms with Crippen LogP contribution in [0, 0.1) is 17.7 Å². The Morgan fingerprint density at radius 3 is 2.43 bits per heavy atom. The molecule has 0 aliphatic heterocycles. The van der Waals surface area contributed by atoms with Crippen LogP contribution in [0.3, 0.4) is 0 Å². The molecule has 1 aromatic carbocycles. The predicted octanol–water partition coefficient (Wildman–Crippen LogP) is 5.13. The fourth-order valence-corrected chi connectivity index (χ4v) is 3.73. The Morgan fingerprint density at radius 2 is 1.83 bits per heavy atom. The highest BCUT2D eigenvalue weighted by Crippen LogP contribution is 2.46. The highest BCUT2D eigenvalue weighted by Gasteiger charge is 2.58. The number of alkyl halides is 3. The van der Waals surface area contributed by atoms with Gasteiger partial charge in [0, 0.05) is 35.2 Å². The number of pyridine rings is 1. The summed E-state index contributed by atoms with van der Waals surface area (Å²) in [5.41, 5.74) is -3.00. The molecule has 3 aromatic rings. The Kier molecular flexibility index (Phi) is 5.77. The van der Waals surface area contributed by atoms with E-state index in [9.17, 15) is 27.1 Å². The maximum Gasteiger partial charge on any atom is 0.417 e. The van der Waals surface area contributed by atoms with Crippen LogP contribution in [0.5, 0.6) is 5.75 Å². The molecule has 9 heteroatoms. The normalized spacial score (nSPS) is 16.3. The number of hydrogen-bond acceptors (Lipinski definition) is 3. The van der Waals surface area contributed by atoms with Gasteiger partial charge in [-0.1, -0.05) is 13.8 Å². The number of rotatable bonds is 6. The summed E-state index contributed by atoms with van der Waals surface area (Å²) in [5.74, 6) is -3.55. The number of ether oxygens (including phenoxy) is 1. The van der Waals surface area contributed by atoms with Crippen LogP contribution < -0.4 is 4.74 Å². The van der Waals surface area contributed by atoms with Gasteiger partial charge in [-0.3, -0.25) is 0 Å². The van der Waals surface area contributed by atoms with Crippen LogP contribution in [0.15, 0.2) is 36.5 Å². The van der Waals surface area contributed by atoms with Gasteiger partial charge in [-0.15, -0.1) is 0 Å². The third-order valence-corrected chi connectivity index (χ3v) is 5.69. The summed E-state index contributed by atoms with van der Waals surface area (Å²) in [5, 5.41) is 11.2. The topological polar surface area (TPSA) is 58.1 Å². The van der Waals surface area contributed by atoms with Crippen molar-refractivity contribution in [1.29, 1.82) is 0 Å². The van der Waals surface area contributed by atoms with Gasteiger partial charge in [-0.25, -0.2) is 9.37 Å². The van der Waals surface area contributed by atoms with Gasteiger partial charge in [0.25, 0.3) is 0 Å². The molecule has 30 heavy (non-hydrogen) atoms. The number of methoxy groups -OCH3 is 1. The van der Waals surface area contributed by atoms with Crippen molar-refractivity contribution in [2.75, 3.05) is 7.11 Å². The van der Waals surface area contributed by atoms with E-state index in [1.165, 1.54) is 45.4 Å². The lowest BCUT2D eigenvalue weighted by Gasteiger charge is -2.39. The molecule has 0 aliphatic rings. The summed E-state index contributed by atoms with van der Waals surface area (Å²) < 4.78 is 74.9. The maximum absolute atomic E-state index is 14.1. The van der Waals surface area contributed by atoms with E-state index in [1.807, 2.05) is 0 Å². The zero-order valence-corrected chi connectivity index (χ0v) is 16.5. The second-order valence-electron chi connectivity index (χ2n) is 7.42. The third-order valence-electron chi connectivity index (χ3n) is 5.69. The fourth-order valence-electron chi connectivity index (χ4n) is 3.73. The van der Waals surface area contributed by atoms with E-state index in [0.29, 0.717) is 5.39 Å². The van der Waals surface area contributed by atoms with Crippen LogP contribution >= 0.6 is 0 Å². The molecule has 2 aromatic heterocycles. The Labute approximate surface area is 169 Å². The Hall–Kier alpha value is -2.68. The van der Waals surface area contributed by atoms with Crippen LogP contribution in [0.4, 0.5) is 22.0 Å². The van der Waals surface area contributed by atoms with Crippen molar-refractivity contribution in [3.63, 3.8) is 0 Å². The fraction of sp³-hybridized carbons (Fsp3) is 0.381. The third kappa shape index (κ3) is 3.86. The van der Waals surface area contributed by atoms with Crippen LogP contribution in [0.1, 0.15) is 31.0 Å². The second kappa shape index (κ2) is 7.86. The minimum absolute atomic E-state index is 0.00184. The molecule has 0 saturated heterocycles. The van der Waals surface area contributed by atoms with E-state index >= 15 is 0 Å². The maximum atomic E-state index is 14.1. The summed E-state index contributed by atoms with van der Waals surface area (Å²) >= 11 is 0. The Morgan fingerprint density at radius 1 is 1.13 bits per heavy atom. The summed E-state index contributed by atoms with van der Waals surface area (Å²) in [6, 6.07) is 6.36. The quantitative estimate of drug-likeness (QED) is 0.423. The molecule has 0 saturated carbocycles. The Balaban J connectivity index is 2.02. The van der Waals surface area contributed by atoms with Crippen molar-refractivity contribution >= 4 is 10.9 Å². The van der Waals surface area contributed by atoms with Gasteiger partial charge in [0.05, 0.1) is 7.11 Å². The van der Waals surface area contributed by atoms with Crippen molar-refractivity contribution in [3.8, 4) is 5.75 Å². The molecule has 2 heterocycles. The first-order valence-electron chi connectivity index (χ1n) is 9.22. The number of nitrogens with zero attached hydrogens (tertiary/aromatic N) is 1. The van der Waals surface area contributed by atoms with Gasteiger partial charge < -0.3 is 14.8 Å². The highest BCUT2D eigenvalue weighted by molar-refractivity contribution is 5.79. The van der Waals surface area contributed by atoms with E-state index in [1.54, 1.807) is 0 Å². The summed E-state index contributed by atoms with van der Waals surface area (Å²) in [6.45, 7) is 2.71. The standard InChI is InChI=1S/C21H21F5N2O2/c1-11(16-9-14(22)4-5-17(16)30-3)12(2)20(29,21(24,25)26)10-15-8-13-6-7-27-19(23)18(13)28-15/h4-9,11-12,28-29H,10H2,1-3H3. The lowest BCUT2D eigenvalue weighted by Crippen LogP contribution is -2.53. The number of nitrogens with one attached hydrogen (secondary N) is 1. The van der Waals surface area contributed by atoms with Crippen LogP contribution in [-0.2, 0) is 6.42 Å². The first-order chi connectivity index (χ1) is 14.0. The van der Waals surface area contributed by atoms with E-state index in [2.05, 4.69) is 9.97 Å². The summed E-state index contributed by atoms with van der Waals surface area (Å²) in [7, 11) is 1.33. The molecule has 0 fully saturated rings. The molecule has 0 aliphatic carbocycles. The van der Waals surface area contributed by atoms with Crippen LogP contribution in [0.2, 0.25) is 0 Å². The van der Waals surface area contributed by atoms with Gasteiger partial charge in [0.15, 0.2) is 5.60 Å². The molecule has 2 N–H and O–H groups in total. The number of H-pyrrole nitrogens is 1.